The Morgan fingerprint density at radius 3 is 2.38 bits per heavy atom. The van der Waals surface area contributed by atoms with Gasteiger partial charge in [0, 0.05) is 31.9 Å². The number of hydrogen-bond acceptors (Lipinski definition) is 4. The summed E-state index contributed by atoms with van der Waals surface area (Å²) in [5.41, 5.74) is 1.22. The topological polar surface area (TPSA) is 60.9 Å². The molecule has 0 bridgehead atoms. The van der Waals surface area contributed by atoms with Gasteiger partial charge in [0.15, 0.2) is 0 Å². The van der Waals surface area contributed by atoms with Gasteiger partial charge in [-0.05, 0) is 5.56 Å². The maximum Gasteiger partial charge on any atom is 0.317 e. The van der Waals surface area contributed by atoms with E-state index in [1.807, 2.05) is 28.0 Å². The van der Waals surface area contributed by atoms with Crippen LogP contribution in [0, 0.1) is 0 Å². The van der Waals surface area contributed by atoms with Crippen LogP contribution in [0.25, 0.3) is 0 Å². The lowest BCUT2D eigenvalue weighted by molar-refractivity contribution is -0.139. The van der Waals surface area contributed by atoms with Gasteiger partial charge in [0.1, 0.15) is 0 Å². The molecule has 1 heterocycles. The minimum atomic E-state index is -0.812. The molecule has 1 N–H and O–H groups in total. The van der Waals surface area contributed by atoms with E-state index in [-0.39, 0.29) is 12.5 Å². The standard InChI is InChI=1S/C15H20N2O3S/c18-14(12-21-11-13-4-2-1-3-5-13)17-8-6-16(7-9-17)10-15(19)20/h1-5H,6-12H2,(H,19,20). The Labute approximate surface area is 128 Å². The molecule has 0 atom stereocenters. The normalized spacial score (nSPS) is 15.9. The molecule has 1 saturated heterocycles. The summed E-state index contributed by atoms with van der Waals surface area (Å²) >= 11 is 1.62. The third-order valence-corrected chi connectivity index (χ3v) is 4.41. The van der Waals surface area contributed by atoms with Crippen LogP contribution in [0.1, 0.15) is 5.56 Å². The molecule has 1 fully saturated rings. The molecular formula is C15H20N2O3S. The molecule has 6 heteroatoms. The van der Waals surface area contributed by atoms with Crippen molar-refractivity contribution in [3.05, 3.63) is 35.9 Å². The van der Waals surface area contributed by atoms with E-state index >= 15 is 0 Å². The Kier molecular flexibility index (Phi) is 6.07. The van der Waals surface area contributed by atoms with E-state index in [1.165, 1.54) is 5.56 Å². The van der Waals surface area contributed by atoms with Crippen molar-refractivity contribution in [2.45, 2.75) is 5.75 Å². The summed E-state index contributed by atoms with van der Waals surface area (Å²) in [6.07, 6.45) is 0. The quantitative estimate of drug-likeness (QED) is 0.854. The fourth-order valence-electron chi connectivity index (χ4n) is 2.27. The summed E-state index contributed by atoms with van der Waals surface area (Å²) in [5.74, 6) is 0.651. The van der Waals surface area contributed by atoms with E-state index in [4.69, 9.17) is 5.11 Å². The highest BCUT2D eigenvalue weighted by molar-refractivity contribution is 7.99. The average Bonchev–Trinajstić information content (AvgIpc) is 2.48. The summed E-state index contributed by atoms with van der Waals surface area (Å²) in [5, 5.41) is 8.74. The van der Waals surface area contributed by atoms with Gasteiger partial charge in [-0.15, -0.1) is 11.8 Å². The Morgan fingerprint density at radius 1 is 1.10 bits per heavy atom. The van der Waals surface area contributed by atoms with Crippen molar-refractivity contribution in [1.82, 2.24) is 9.80 Å². The van der Waals surface area contributed by atoms with Gasteiger partial charge in [0.2, 0.25) is 5.91 Å². The maximum absolute atomic E-state index is 12.1. The van der Waals surface area contributed by atoms with Crippen molar-refractivity contribution in [2.75, 3.05) is 38.5 Å². The van der Waals surface area contributed by atoms with Crippen molar-refractivity contribution in [2.24, 2.45) is 0 Å². The van der Waals surface area contributed by atoms with Crippen molar-refractivity contribution in [3.63, 3.8) is 0 Å². The van der Waals surface area contributed by atoms with Gasteiger partial charge in [-0.1, -0.05) is 30.3 Å². The summed E-state index contributed by atoms with van der Waals surface area (Å²) in [6.45, 7) is 2.59. The molecule has 1 amide bonds. The lowest BCUT2D eigenvalue weighted by Crippen LogP contribution is -2.50. The molecule has 0 aliphatic carbocycles. The van der Waals surface area contributed by atoms with E-state index < -0.39 is 5.97 Å². The predicted molar refractivity (Wildman–Crippen MR) is 83.3 cm³/mol. The largest absolute Gasteiger partial charge is 0.480 e. The number of piperazine rings is 1. The third-order valence-electron chi connectivity index (χ3n) is 3.42. The molecule has 1 aliphatic heterocycles. The third kappa shape index (κ3) is 5.40. The number of carbonyl (C=O) groups excluding carboxylic acids is 1. The Balaban J connectivity index is 1.67. The summed E-state index contributed by atoms with van der Waals surface area (Å²) in [4.78, 5) is 26.4. The van der Waals surface area contributed by atoms with Gasteiger partial charge >= 0.3 is 5.97 Å². The van der Waals surface area contributed by atoms with E-state index in [9.17, 15) is 9.59 Å². The number of amides is 1. The minimum Gasteiger partial charge on any atom is -0.480 e. The Bertz CT molecular complexity index is 473. The van der Waals surface area contributed by atoms with Crippen LogP contribution in [-0.4, -0.2) is 65.3 Å². The lowest BCUT2D eigenvalue weighted by atomic mass is 10.2. The van der Waals surface area contributed by atoms with Crippen molar-refractivity contribution in [1.29, 1.82) is 0 Å². The molecule has 2 rings (SSSR count). The Hall–Kier alpha value is -1.53. The van der Waals surface area contributed by atoms with Gasteiger partial charge in [-0.2, -0.15) is 0 Å². The highest BCUT2D eigenvalue weighted by Gasteiger charge is 2.21. The molecule has 0 saturated carbocycles. The molecule has 5 nitrogen and oxygen atoms in total. The molecule has 0 spiro atoms. The first-order valence-corrected chi connectivity index (χ1v) is 8.14. The fraction of sp³-hybridized carbons (Fsp3) is 0.467. The number of thioether (sulfide) groups is 1. The van der Waals surface area contributed by atoms with Gasteiger partial charge in [-0.3, -0.25) is 14.5 Å². The van der Waals surface area contributed by atoms with Crippen LogP contribution in [0.4, 0.5) is 0 Å². The van der Waals surface area contributed by atoms with Crippen LogP contribution in [0.15, 0.2) is 30.3 Å². The van der Waals surface area contributed by atoms with Gasteiger partial charge in [-0.25, -0.2) is 0 Å². The number of carboxylic acid groups (broad SMARTS) is 1. The summed E-state index contributed by atoms with van der Waals surface area (Å²) in [6, 6.07) is 10.1. The number of hydrogen-bond donors (Lipinski definition) is 1. The van der Waals surface area contributed by atoms with E-state index in [0.717, 1.165) is 5.75 Å². The smallest absolute Gasteiger partial charge is 0.317 e. The Morgan fingerprint density at radius 2 is 1.76 bits per heavy atom. The SMILES string of the molecule is O=C(O)CN1CCN(C(=O)CSCc2ccccc2)CC1. The zero-order valence-corrected chi connectivity index (χ0v) is 12.7. The molecule has 0 unspecified atom stereocenters. The molecule has 114 valence electrons. The molecule has 0 radical (unpaired) electrons. The second-order valence-electron chi connectivity index (χ2n) is 5.03. The second kappa shape index (κ2) is 8.05. The number of aliphatic carboxylic acids is 1. The second-order valence-corrected chi connectivity index (χ2v) is 6.01. The van der Waals surface area contributed by atoms with Crippen molar-refractivity contribution >= 4 is 23.6 Å². The minimum absolute atomic E-state index is 0.0603. The molecule has 0 aromatic heterocycles. The highest BCUT2D eigenvalue weighted by atomic mass is 32.2. The molecule has 1 aromatic rings. The fourth-order valence-corrected chi connectivity index (χ4v) is 3.16. The van der Waals surface area contributed by atoms with Gasteiger partial charge in [0.25, 0.3) is 0 Å². The van der Waals surface area contributed by atoms with Crippen LogP contribution < -0.4 is 0 Å². The molecule has 1 aromatic carbocycles. The van der Waals surface area contributed by atoms with Crippen molar-refractivity contribution < 1.29 is 14.7 Å². The molecular weight excluding hydrogens is 288 g/mol. The van der Waals surface area contributed by atoms with Gasteiger partial charge < -0.3 is 10.0 Å². The maximum atomic E-state index is 12.1. The zero-order valence-electron chi connectivity index (χ0n) is 11.9. The van der Waals surface area contributed by atoms with Gasteiger partial charge in [0.05, 0.1) is 12.3 Å². The monoisotopic (exact) mass is 308 g/mol. The lowest BCUT2D eigenvalue weighted by Gasteiger charge is -2.33. The number of carbonyl (C=O) groups is 2. The van der Waals surface area contributed by atoms with Crippen LogP contribution in [0.5, 0.6) is 0 Å². The number of rotatable bonds is 6. The first-order chi connectivity index (χ1) is 10.1. The van der Waals surface area contributed by atoms with Crippen LogP contribution in [0.3, 0.4) is 0 Å². The summed E-state index contributed by atoms with van der Waals surface area (Å²) in [7, 11) is 0. The van der Waals surface area contributed by atoms with E-state index in [2.05, 4.69) is 12.1 Å². The first-order valence-electron chi connectivity index (χ1n) is 6.99. The number of nitrogens with zero attached hydrogens (tertiary/aromatic N) is 2. The molecule has 21 heavy (non-hydrogen) atoms. The number of carboxylic acids is 1. The van der Waals surface area contributed by atoms with Crippen molar-refractivity contribution in [3.8, 4) is 0 Å². The number of benzene rings is 1. The van der Waals surface area contributed by atoms with Crippen LogP contribution in [-0.2, 0) is 15.3 Å². The highest BCUT2D eigenvalue weighted by Crippen LogP contribution is 2.13. The average molecular weight is 308 g/mol. The van der Waals surface area contributed by atoms with E-state index in [1.54, 1.807) is 11.8 Å². The molecule has 1 aliphatic rings. The summed E-state index contributed by atoms with van der Waals surface area (Å²) < 4.78 is 0. The zero-order chi connectivity index (χ0) is 15.1. The van der Waals surface area contributed by atoms with Crippen LogP contribution >= 0.6 is 11.8 Å². The predicted octanol–water partition coefficient (Wildman–Crippen LogP) is 1.15. The van der Waals surface area contributed by atoms with Crippen LogP contribution in [0.2, 0.25) is 0 Å². The van der Waals surface area contributed by atoms with E-state index in [0.29, 0.717) is 31.9 Å². The first kappa shape index (κ1) is 15.9.